The first-order chi connectivity index (χ1) is 8.79. The van der Waals surface area contributed by atoms with Crippen molar-refractivity contribution >= 4 is 16.0 Å². The summed E-state index contributed by atoms with van der Waals surface area (Å²) in [5, 5.41) is 16.7. The van der Waals surface area contributed by atoms with Crippen LogP contribution in [0.2, 0.25) is 0 Å². The van der Waals surface area contributed by atoms with E-state index >= 15 is 0 Å². The highest BCUT2D eigenvalue weighted by Gasteiger charge is 2.09. The van der Waals surface area contributed by atoms with E-state index in [0.717, 1.165) is 5.56 Å². The summed E-state index contributed by atoms with van der Waals surface area (Å²) >= 11 is 0. The normalized spacial score (nSPS) is 13.2. The lowest BCUT2D eigenvalue weighted by molar-refractivity contribution is -0.137. The van der Waals surface area contributed by atoms with Crippen LogP contribution < -0.4 is 10.5 Å². The monoisotopic (exact) mass is 286 g/mol. The van der Waals surface area contributed by atoms with Gasteiger partial charge >= 0.3 is 5.97 Å². The van der Waals surface area contributed by atoms with Gasteiger partial charge in [-0.1, -0.05) is 12.1 Å². The SMILES string of the molecule is CC(CCC(=O)O)NCc1cccc(S(N)(=O)=O)c1. The number of sulfonamides is 1. The molecule has 1 aromatic rings. The third-order valence-corrected chi connectivity index (χ3v) is 3.58. The van der Waals surface area contributed by atoms with Crippen LogP contribution in [0.15, 0.2) is 29.2 Å². The number of nitrogens with two attached hydrogens (primary N) is 1. The second-order valence-corrected chi connectivity index (χ2v) is 5.97. The first kappa shape index (κ1) is 15.6. The van der Waals surface area contributed by atoms with Crippen molar-refractivity contribution < 1.29 is 18.3 Å². The summed E-state index contributed by atoms with van der Waals surface area (Å²) in [5.74, 6) is -0.829. The van der Waals surface area contributed by atoms with E-state index in [0.29, 0.717) is 13.0 Å². The van der Waals surface area contributed by atoms with Crippen LogP contribution in [0.3, 0.4) is 0 Å². The second kappa shape index (κ2) is 6.65. The quantitative estimate of drug-likeness (QED) is 0.682. The molecular formula is C12H18N2O4S. The summed E-state index contributed by atoms with van der Waals surface area (Å²) in [7, 11) is -3.69. The van der Waals surface area contributed by atoms with E-state index in [1.807, 2.05) is 6.92 Å². The van der Waals surface area contributed by atoms with Crippen molar-refractivity contribution in [2.45, 2.75) is 37.2 Å². The third-order valence-electron chi connectivity index (χ3n) is 2.67. The highest BCUT2D eigenvalue weighted by Crippen LogP contribution is 2.10. The van der Waals surface area contributed by atoms with Crippen molar-refractivity contribution in [3.05, 3.63) is 29.8 Å². The van der Waals surface area contributed by atoms with Crippen LogP contribution in [0, 0.1) is 0 Å². The Morgan fingerprint density at radius 3 is 2.74 bits per heavy atom. The predicted molar refractivity (Wildman–Crippen MR) is 71.0 cm³/mol. The average molecular weight is 286 g/mol. The molecule has 0 saturated heterocycles. The summed E-state index contributed by atoms with van der Waals surface area (Å²) in [6.45, 7) is 2.34. The van der Waals surface area contributed by atoms with Crippen LogP contribution in [0.1, 0.15) is 25.3 Å². The van der Waals surface area contributed by atoms with Gasteiger partial charge in [0.1, 0.15) is 0 Å². The highest BCUT2D eigenvalue weighted by molar-refractivity contribution is 7.89. The lowest BCUT2D eigenvalue weighted by Crippen LogP contribution is -2.26. The summed E-state index contributed by atoms with van der Waals surface area (Å²) in [5.41, 5.74) is 0.786. The van der Waals surface area contributed by atoms with Gasteiger partial charge in [-0.05, 0) is 31.0 Å². The minimum absolute atomic E-state index is 0.0363. The molecular weight excluding hydrogens is 268 g/mol. The molecule has 0 bridgehead atoms. The molecule has 7 heteroatoms. The maximum atomic E-state index is 11.2. The van der Waals surface area contributed by atoms with Crippen molar-refractivity contribution in [1.29, 1.82) is 0 Å². The molecule has 0 aromatic heterocycles. The highest BCUT2D eigenvalue weighted by atomic mass is 32.2. The van der Waals surface area contributed by atoms with Gasteiger partial charge in [-0.25, -0.2) is 13.6 Å². The van der Waals surface area contributed by atoms with Crippen LogP contribution in [0.5, 0.6) is 0 Å². The molecule has 0 aliphatic carbocycles. The minimum Gasteiger partial charge on any atom is -0.481 e. The van der Waals surface area contributed by atoms with Gasteiger partial charge < -0.3 is 10.4 Å². The molecule has 0 aliphatic rings. The number of carbonyl (C=O) groups is 1. The van der Waals surface area contributed by atoms with Gasteiger partial charge in [-0.2, -0.15) is 0 Å². The predicted octanol–water partition coefficient (Wildman–Crippen LogP) is 0.677. The van der Waals surface area contributed by atoms with Crippen LogP contribution in [-0.2, 0) is 21.4 Å². The first-order valence-electron chi connectivity index (χ1n) is 5.86. The fourth-order valence-corrected chi connectivity index (χ4v) is 2.15. The standard InChI is InChI=1S/C12H18N2O4S/c1-9(5-6-12(15)16)14-8-10-3-2-4-11(7-10)19(13,17)18/h2-4,7,9,14H,5-6,8H2,1H3,(H,15,16)(H2,13,17,18). The van der Waals surface area contributed by atoms with E-state index in [-0.39, 0.29) is 17.4 Å². The first-order valence-corrected chi connectivity index (χ1v) is 7.40. The van der Waals surface area contributed by atoms with Gasteiger partial charge in [0, 0.05) is 19.0 Å². The molecule has 0 radical (unpaired) electrons. The Morgan fingerprint density at radius 1 is 1.47 bits per heavy atom. The van der Waals surface area contributed by atoms with E-state index in [4.69, 9.17) is 10.2 Å². The lowest BCUT2D eigenvalue weighted by atomic mass is 10.1. The largest absolute Gasteiger partial charge is 0.481 e. The summed E-state index contributed by atoms with van der Waals surface area (Å²) in [4.78, 5) is 10.5. The second-order valence-electron chi connectivity index (χ2n) is 4.41. The van der Waals surface area contributed by atoms with Crippen LogP contribution >= 0.6 is 0 Å². The number of primary sulfonamides is 1. The van der Waals surface area contributed by atoms with Crippen LogP contribution in [-0.4, -0.2) is 25.5 Å². The van der Waals surface area contributed by atoms with E-state index in [1.165, 1.54) is 12.1 Å². The van der Waals surface area contributed by atoms with Crippen LogP contribution in [0.25, 0.3) is 0 Å². The number of carboxylic acid groups (broad SMARTS) is 1. The van der Waals surface area contributed by atoms with E-state index in [1.54, 1.807) is 12.1 Å². The Bertz CT molecular complexity index is 542. The topological polar surface area (TPSA) is 109 Å². The molecule has 1 atom stereocenters. The van der Waals surface area contributed by atoms with Gasteiger partial charge in [-0.3, -0.25) is 4.79 Å². The maximum Gasteiger partial charge on any atom is 0.303 e. The molecule has 1 unspecified atom stereocenters. The lowest BCUT2D eigenvalue weighted by Gasteiger charge is -2.13. The molecule has 106 valence electrons. The average Bonchev–Trinajstić information content (AvgIpc) is 2.33. The van der Waals surface area contributed by atoms with Crippen molar-refractivity contribution in [1.82, 2.24) is 5.32 Å². The molecule has 0 fully saturated rings. The number of carboxylic acids is 1. The fourth-order valence-electron chi connectivity index (χ4n) is 1.57. The molecule has 0 aliphatic heterocycles. The molecule has 1 rings (SSSR count). The van der Waals surface area contributed by atoms with E-state index in [9.17, 15) is 13.2 Å². The molecule has 0 spiro atoms. The Hall–Kier alpha value is -1.44. The summed E-state index contributed by atoms with van der Waals surface area (Å²) in [6, 6.07) is 6.39. The number of hydrogen-bond donors (Lipinski definition) is 3. The van der Waals surface area contributed by atoms with Crippen molar-refractivity contribution in [3.63, 3.8) is 0 Å². The molecule has 1 aromatic carbocycles. The molecule has 6 nitrogen and oxygen atoms in total. The number of nitrogens with one attached hydrogen (secondary N) is 1. The van der Waals surface area contributed by atoms with Crippen LogP contribution in [0.4, 0.5) is 0 Å². The third kappa shape index (κ3) is 5.82. The number of benzene rings is 1. The summed E-state index contributed by atoms with van der Waals surface area (Å²) < 4.78 is 22.4. The molecule has 19 heavy (non-hydrogen) atoms. The molecule has 4 N–H and O–H groups in total. The zero-order valence-electron chi connectivity index (χ0n) is 10.7. The molecule has 0 heterocycles. The number of aliphatic carboxylic acids is 1. The van der Waals surface area contributed by atoms with E-state index < -0.39 is 16.0 Å². The maximum absolute atomic E-state index is 11.2. The van der Waals surface area contributed by atoms with Gasteiger partial charge in [0.15, 0.2) is 0 Å². The molecule has 0 saturated carbocycles. The Morgan fingerprint density at radius 2 is 2.16 bits per heavy atom. The zero-order valence-corrected chi connectivity index (χ0v) is 11.5. The number of hydrogen-bond acceptors (Lipinski definition) is 4. The number of rotatable bonds is 7. The van der Waals surface area contributed by atoms with E-state index in [2.05, 4.69) is 5.32 Å². The van der Waals surface area contributed by atoms with Gasteiger partial charge in [0.2, 0.25) is 10.0 Å². The minimum atomic E-state index is -3.69. The van der Waals surface area contributed by atoms with Crippen molar-refractivity contribution in [2.75, 3.05) is 0 Å². The smallest absolute Gasteiger partial charge is 0.303 e. The molecule has 0 amide bonds. The summed E-state index contributed by atoms with van der Waals surface area (Å²) in [6.07, 6.45) is 0.621. The van der Waals surface area contributed by atoms with Gasteiger partial charge in [-0.15, -0.1) is 0 Å². The Kier molecular flexibility index (Phi) is 5.46. The van der Waals surface area contributed by atoms with Gasteiger partial charge in [0.25, 0.3) is 0 Å². The van der Waals surface area contributed by atoms with Crippen molar-refractivity contribution in [3.8, 4) is 0 Å². The van der Waals surface area contributed by atoms with Gasteiger partial charge in [0.05, 0.1) is 4.90 Å². The Balaban J connectivity index is 2.56. The Labute approximate surface area is 112 Å². The zero-order chi connectivity index (χ0) is 14.5. The fraction of sp³-hybridized carbons (Fsp3) is 0.417. The van der Waals surface area contributed by atoms with Crippen molar-refractivity contribution in [2.24, 2.45) is 5.14 Å².